The van der Waals surface area contributed by atoms with Gasteiger partial charge in [-0.2, -0.15) is 0 Å². The van der Waals surface area contributed by atoms with Crippen LogP contribution in [-0.4, -0.2) is 30.0 Å². The third kappa shape index (κ3) is 4.73. The van der Waals surface area contributed by atoms with E-state index in [4.69, 9.17) is 9.15 Å². The summed E-state index contributed by atoms with van der Waals surface area (Å²) in [6, 6.07) is 7.38. The van der Waals surface area contributed by atoms with Gasteiger partial charge in [-0.1, -0.05) is 12.1 Å². The number of nitrogens with zero attached hydrogens (tertiary/aromatic N) is 1. The Morgan fingerprint density at radius 3 is 2.95 bits per heavy atom. The number of amides is 1. The van der Waals surface area contributed by atoms with Crippen LogP contribution in [0.5, 0.6) is 0 Å². The minimum Gasteiger partial charge on any atom is -0.466 e. The van der Waals surface area contributed by atoms with E-state index in [-0.39, 0.29) is 11.9 Å². The molecule has 116 valence electrons. The number of esters is 1. The first kappa shape index (κ1) is 15.8. The van der Waals surface area contributed by atoms with Crippen molar-refractivity contribution in [2.45, 2.75) is 19.8 Å². The molecule has 0 aliphatic heterocycles. The lowest BCUT2D eigenvalue weighted by molar-refractivity contribution is -0.143. The fourth-order valence-electron chi connectivity index (χ4n) is 1.84. The number of aromatic nitrogens is 1. The molecule has 1 aromatic carbocycles. The monoisotopic (exact) mass is 302 g/mol. The van der Waals surface area contributed by atoms with E-state index < -0.39 is 0 Å². The summed E-state index contributed by atoms with van der Waals surface area (Å²) in [6.07, 6.45) is 3.71. The molecule has 2 rings (SSSR count). The molecule has 0 bridgehead atoms. The molecule has 2 aromatic rings. The summed E-state index contributed by atoms with van der Waals surface area (Å²) in [5, 5.41) is 2.68. The first-order valence-electron chi connectivity index (χ1n) is 7.16. The Morgan fingerprint density at radius 1 is 1.36 bits per heavy atom. The number of carbonyl (C=O) groups excluding carboxylic acids is 2. The van der Waals surface area contributed by atoms with Crippen molar-refractivity contribution < 1.29 is 18.7 Å². The number of rotatable bonds is 7. The Balaban J connectivity index is 1.75. The number of benzene rings is 1. The maximum atomic E-state index is 11.6. The van der Waals surface area contributed by atoms with Gasteiger partial charge >= 0.3 is 5.97 Å². The second-order valence-corrected chi connectivity index (χ2v) is 4.55. The summed E-state index contributed by atoms with van der Waals surface area (Å²) in [5.74, 6) is -0.132. The highest BCUT2D eigenvalue weighted by atomic mass is 16.5. The van der Waals surface area contributed by atoms with Gasteiger partial charge in [0.05, 0.1) is 6.61 Å². The molecule has 0 atom stereocenters. The molecule has 22 heavy (non-hydrogen) atoms. The smallest absolute Gasteiger partial charge is 0.305 e. The molecule has 0 fully saturated rings. The van der Waals surface area contributed by atoms with Gasteiger partial charge in [0.2, 0.25) is 11.8 Å². The fourth-order valence-corrected chi connectivity index (χ4v) is 1.84. The normalized spacial score (nSPS) is 11.0. The summed E-state index contributed by atoms with van der Waals surface area (Å²) in [5.41, 5.74) is 1.42. The van der Waals surface area contributed by atoms with E-state index in [9.17, 15) is 9.59 Å². The second-order valence-electron chi connectivity index (χ2n) is 4.55. The predicted molar refractivity (Wildman–Crippen MR) is 81.9 cm³/mol. The van der Waals surface area contributed by atoms with E-state index in [1.165, 1.54) is 12.2 Å². The Hall–Kier alpha value is -2.63. The lowest BCUT2D eigenvalue weighted by Crippen LogP contribution is -2.22. The van der Waals surface area contributed by atoms with Gasteiger partial charge < -0.3 is 14.5 Å². The molecule has 1 amide bonds. The van der Waals surface area contributed by atoms with Crippen LogP contribution < -0.4 is 5.32 Å². The van der Waals surface area contributed by atoms with Crippen LogP contribution >= 0.6 is 0 Å². The van der Waals surface area contributed by atoms with Crippen molar-refractivity contribution in [3.05, 3.63) is 36.2 Å². The number of hydrogen-bond acceptors (Lipinski definition) is 5. The molecule has 0 spiro atoms. The third-order valence-corrected chi connectivity index (χ3v) is 2.85. The Morgan fingerprint density at radius 2 is 2.18 bits per heavy atom. The minimum atomic E-state index is -0.258. The maximum absolute atomic E-state index is 11.6. The van der Waals surface area contributed by atoms with Crippen LogP contribution in [0.2, 0.25) is 0 Å². The minimum absolute atomic E-state index is 0.251. The Bertz CT molecular complexity index is 643. The zero-order valence-corrected chi connectivity index (χ0v) is 12.4. The summed E-state index contributed by atoms with van der Waals surface area (Å²) in [6.45, 7) is 2.55. The van der Waals surface area contributed by atoms with Crippen molar-refractivity contribution >= 4 is 29.1 Å². The van der Waals surface area contributed by atoms with Crippen LogP contribution in [0.1, 0.15) is 25.7 Å². The number of ether oxygens (including phenoxy) is 1. The van der Waals surface area contributed by atoms with Gasteiger partial charge in [-0.25, -0.2) is 4.98 Å². The largest absolute Gasteiger partial charge is 0.466 e. The lowest BCUT2D eigenvalue weighted by Gasteiger charge is -2.02. The molecule has 1 N–H and O–H groups in total. The molecular formula is C16H18N2O4. The van der Waals surface area contributed by atoms with Crippen molar-refractivity contribution in [3.63, 3.8) is 0 Å². The first-order valence-corrected chi connectivity index (χ1v) is 7.16. The summed E-state index contributed by atoms with van der Waals surface area (Å²) in [4.78, 5) is 27.0. The highest BCUT2D eigenvalue weighted by Crippen LogP contribution is 2.15. The molecule has 0 unspecified atom stereocenters. The highest BCUT2D eigenvalue weighted by molar-refractivity contribution is 5.91. The molecule has 1 heterocycles. The van der Waals surface area contributed by atoms with Crippen molar-refractivity contribution in [2.75, 3.05) is 13.2 Å². The van der Waals surface area contributed by atoms with Gasteiger partial charge in [0.15, 0.2) is 5.58 Å². The molecule has 0 saturated carbocycles. The number of hydrogen-bond donors (Lipinski definition) is 1. The fraction of sp³-hybridized carbons (Fsp3) is 0.312. The second kappa shape index (κ2) is 7.97. The summed E-state index contributed by atoms with van der Waals surface area (Å²) in [7, 11) is 0. The maximum Gasteiger partial charge on any atom is 0.305 e. The van der Waals surface area contributed by atoms with Crippen LogP contribution in [0.4, 0.5) is 0 Å². The van der Waals surface area contributed by atoms with Crippen molar-refractivity contribution in [1.82, 2.24) is 10.3 Å². The van der Waals surface area contributed by atoms with E-state index in [0.29, 0.717) is 37.5 Å². The van der Waals surface area contributed by atoms with E-state index in [2.05, 4.69) is 10.3 Å². The molecule has 6 nitrogen and oxygen atoms in total. The molecule has 1 aromatic heterocycles. The number of carbonyl (C=O) groups is 2. The number of para-hydroxylation sites is 2. The molecule has 0 aliphatic carbocycles. The van der Waals surface area contributed by atoms with Crippen LogP contribution in [0.15, 0.2) is 34.8 Å². The van der Waals surface area contributed by atoms with Gasteiger partial charge in [-0.05, 0) is 25.5 Å². The average Bonchev–Trinajstić information content (AvgIpc) is 2.93. The van der Waals surface area contributed by atoms with Crippen LogP contribution in [-0.2, 0) is 14.3 Å². The lowest BCUT2D eigenvalue weighted by atomic mass is 10.3. The first-order chi connectivity index (χ1) is 10.7. The van der Waals surface area contributed by atoms with Gasteiger partial charge in [0.1, 0.15) is 5.52 Å². The average molecular weight is 302 g/mol. The van der Waals surface area contributed by atoms with Gasteiger partial charge in [0.25, 0.3) is 0 Å². The van der Waals surface area contributed by atoms with Crippen molar-refractivity contribution in [2.24, 2.45) is 0 Å². The van der Waals surface area contributed by atoms with Crippen molar-refractivity contribution in [3.8, 4) is 0 Å². The van der Waals surface area contributed by atoms with Crippen molar-refractivity contribution in [1.29, 1.82) is 0 Å². The number of fused-ring (bicyclic) bond motifs is 1. The van der Waals surface area contributed by atoms with Gasteiger partial charge in [-0.3, -0.25) is 9.59 Å². The zero-order valence-electron chi connectivity index (χ0n) is 12.4. The molecule has 6 heteroatoms. The van der Waals surface area contributed by atoms with E-state index in [0.717, 1.165) is 5.52 Å². The molecule has 0 aliphatic rings. The number of oxazole rings is 1. The molecular weight excluding hydrogens is 284 g/mol. The van der Waals surface area contributed by atoms with Crippen LogP contribution in [0.3, 0.4) is 0 Å². The third-order valence-electron chi connectivity index (χ3n) is 2.85. The van der Waals surface area contributed by atoms with E-state index >= 15 is 0 Å². The zero-order chi connectivity index (χ0) is 15.8. The molecule has 0 saturated heterocycles. The number of nitrogens with one attached hydrogen (secondary N) is 1. The Kier molecular flexibility index (Phi) is 5.71. The quantitative estimate of drug-likeness (QED) is 0.482. The SMILES string of the molecule is CCOC(=O)CCCNC(=O)/C=C/c1nc2ccccc2o1. The molecule has 0 radical (unpaired) electrons. The van der Waals surface area contributed by atoms with Gasteiger partial charge in [0, 0.05) is 25.1 Å². The highest BCUT2D eigenvalue weighted by Gasteiger charge is 2.03. The summed E-state index contributed by atoms with van der Waals surface area (Å²) >= 11 is 0. The van der Waals surface area contributed by atoms with E-state index in [1.54, 1.807) is 6.92 Å². The van der Waals surface area contributed by atoms with Crippen LogP contribution in [0, 0.1) is 0 Å². The van der Waals surface area contributed by atoms with Gasteiger partial charge in [-0.15, -0.1) is 0 Å². The predicted octanol–water partition coefficient (Wildman–Crippen LogP) is 2.30. The standard InChI is InChI=1S/C16H18N2O4/c1-2-21-16(20)8-5-11-17-14(19)9-10-15-18-12-6-3-4-7-13(12)22-15/h3-4,6-7,9-10H,2,5,8,11H2,1H3,(H,17,19)/b10-9+. The summed E-state index contributed by atoms with van der Waals surface area (Å²) < 4.78 is 10.3. The van der Waals surface area contributed by atoms with E-state index in [1.807, 2.05) is 24.3 Å². The van der Waals surface area contributed by atoms with Crippen LogP contribution in [0.25, 0.3) is 17.2 Å². The topological polar surface area (TPSA) is 81.4 Å². The Labute approximate surface area is 128 Å².